The molecule has 174 valence electrons. The number of hydrogen-bond donors (Lipinski definition) is 1. The molecule has 3 rings (SSSR count). The van der Waals surface area contributed by atoms with Crippen LogP contribution in [0.4, 0.5) is 13.2 Å². The Bertz CT molecular complexity index is 1040. The number of amides is 1. The van der Waals surface area contributed by atoms with E-state index in [0.29, 0.717) is 29.8 Å². The van der Waals surface area contributed by atoms with Crippen molar-refractivity contribution in [2.75, 3.05) is 0 Å². The van der Waals surface area contributed by atoms with E-state index in [2.05, 4.69) is 0 Å². The van der Waals surface area contributed by atoms with Crippen LogP contribution in [0.2, 0.25) is 5.02 Å². The van der Waals surface area contributed by atoms with Crippen molar-refractivity contribution in [3.8, 4) is 0 Å². The highest BCUT2D eigenvalue weighted by molar-refractivity contribution is 7.89. The molecule has 0 spiro atoms. The minimum atomic E-state index is -4.49. The lowest BCUT2D eigenvalue weighted by molar-refractivity contribution is -0.137. The second kappa shape index (κ2) is 9.80. The van der Waals surface area contributed by atoms with Gasteiger partial charge in [0.1, 0.15) is 0 Å². The SMILES string of the molecule is NC(=O)[C@H]1CCCCC[C@H]1N(Cc1ccc(C(F)(F)F)cc1)S(=O)(=O)c1ccc(Cl)cc1. The van der Waals surface area contributed by atoms with Crippen molar-refractivity contribution < 1.29 is 26.4 Å². The van der Waals surface area contributed by atoms with E-state index in [1.807, 2.05) is 0 Å². The van der Waals surface area contributed by atoms with E-state index in [1.165, 1.54) is 40.7 Å². The van der Waals surface area contributed by atoms with Crippen LogP contribution in [0.25, 0.3) is 0 Å². The van der Waals surface area contributed by atoms with Gasteiger partial charge in [-0.05, 0) is 54.8 Å². The molecule has 0 heterocycles. The number of nitrogens with zero attached hydrogens (tertiary/aromatic N) is 1. The van der Waals surface area contributed by atoms with Gasteiger partial charge in [0.25, 0.3) is 0 Å². The highest BCUT2D eigenvalue weighted by Crippen LogP contribution is 2.34. The molecule has 10 heteroatoms. The zero-order chi connectivity index (χ0) is 23.5. The van der Waals surface area contributed by atoms with Crippen molar-refractivity contribution in [3.05, 3.63) is 64.7 Å². The molecule has 32 heavy (non-hydrogen) atoms. The third-order valence-electron chi connectivity index (χ3n) is 5.75. The average molecular weight is 489 g/mol. The molecule has 1 saturated carbocycles. The number of sulfonamides is 1. The van der Waals surface area contributed by atoms with Gasteiger partial charge < -0.3 is 5.73 Å². The van der Waals surface area contributed by atoms with Crippen molar-refractivity contribution in [2.24, 2.45) is 11.7 Å². The van der Waals surface area contributed by atoms with Crippen molar-refractivity contribution >= 4 is 27.5 Å². The van der Waals surface area contributed by atoms with Crippen molar-refractivity contribution in [1.82, 2.24) is 4.31 Å². The summed E-state index contributed by atoms with van der Waals surface area (Å²) in [6.07, 6.45) is -1.30. The van der Waals surface area contributed by atoms with Gasteiger partial charge in [-0.15, -0.1) is 0 Å². The molecule has 5 nitrogen and oxygen atoms in total. The van der Waals surface area contributed by atoms with Crippen molar-refractivity contribution in [2.45, 2.75) is 55.8 Å². The number of primary amides is 1. The Morgan fingerprint density at radius 2 is 1.59 bits per heavy atom. The number of nitrogens with two attached hydrogens (primary N) is 1. The Morgan fingerprint density at radius 3 is 2.16 bits per heavy atom. The van der Waals surface area contributed by atoms with Crippen LogP contribution in [0.5, 0.6) is 0 Å². The van der Waals surface area contributed by atoms with Gasteiger partial charge in [0.15, 0.2) is 0 Å². The quantitative estimate of drug-likeness (QED) is 0.582. The molecule has 1 fully saturated rings. The van der Waals surface area contributed by atoms with Gasteiger partial charge in [-0.2, -0.15) is 17.5 Å². The third-order valence-corrected chi connectivity index (χ3v) is 7.89. The molecule has 2 aromatic carbocycles. The molecule has 2 N–H and O–H groups in total. The fourth-order valence-corrected chi connectivity index (χ4v) is 5.87. The standard InChI is InChI=1S/C22H24ClF3N2O3S/c23-17-10-12-18(13-11-17)32(30,31)28(20-5-3-1-2-4-19(20)21(27)29)14-15-6-8-16(9-7-15)22(24,25)26/h6-13,19-20H,1-5,14H2,(H2,27,29)/t19-,20+/m0/s1. The van der Waals surface area contributed by atoms with E-state index < -0.39 is 39.6 Å². The third kappa shape index (κ3) is 5.63. The van der Waals surface area contributed by atoms with Crippen LogP contribution in [0, 0.1) is 5.92 Å². The van der Waals surface area contributed by atoms with Crippen molar-refractivity contribution in [1.29, 1.82) is 0 Å². The number of rotatable bonds is 6. The number of carbonyl (C=O) groups is 1. The minimum absolute atomic E-state index is 0.0127. The Labute approximate surface area is 190 Å². The fourth-order valence-electron chi connectivity index (χ4n) is 4.07. The predicted octanol–water partition coefficient (Wildman–Crippen LogP) is 4.98. The van der Waals surface area contributed by atoms with Gasteiger partial charge in [0.05, 0.1) is 16.4 Å². The second-order valence-corrected chi connectivity index (χ2v) is 10.2. The second-order valence-electron chi connectivity index (χ2n) is 7.91. The van der Waals surface area contributed by atoms with E-state index in [4.69, 9.17) is 17.3 Å². The molecule has 0 saturated heterocycles. The highest BCUT2D eigenvalue weighted by atomic mass is 35.5. The first kappa shape index (κ1) is 24.5. The lowest BCUT2D eigenvalue weighted by Crippen LogP contribution is -2.47. The Kier molecular flexibility index (Phi) is 7.52. The minimum Gasteiger partial charge on any atom is -0.369 e. The van der Waals surface area contributed by atoms with Crippen LogP contribution in [0.3, 0.4) is 0 Å². The molecule has 2 aromatic rings. The summed E-state index contributed by atoms with van der Waals surface area (Å²) in [6, 6.07) is 9.28. The normalized spacial score (nSPS) is 20.2. The number of benzene rings is 2. The first-order valence-corrected chi connectivity index (χ1v) is 12.0. The first-order chi connectivity index (χ1) is 15.0. The van der Waals surface area contributed by atoms with Crippen LogP contribution < -0.4 is 5.73 Å². The van der Waals surface area contributed by atoms with E-state index >= 15 is 0 Å². The van der Waals surface area contributed by atoms with Crippen LogP contribution in [-0.4, -0.2) is 24.7 Å². The summed E-state index contributed by atoms with van der Waals surface area (Å²) < 4.78 is 67.2. The zero-order valence-corrected chi connectivity index (χ0v) is 18.8. The zero-order valence-electron chi connectivity index (χ0n) is 17.2. The maximum absolute atomic E-state index is 13.6. The summed E-state index contributed by atoms with van der Waals surface area (Å²) >= 11 is 5.90. The van der Waals surface area contributed by atoms with Gasteiger partial charge in [0, 0.05) is 17.6 Å². The summed E-state index contributed by atoms with van der Waals surface area (Å²) in [4.78, 5) is 12.2. The highest BCUT2D eigenvalue weighted by Gasteiger charge is 2.39. The van der Waals surface area contributed by atoms with Gasteiger partial charge in [0.2, 0.25) is 15.9 Å². The molecule has 1 aliphatic rings. The molecule has 0 unspecified atom stereocenters. The van der Waals surface area contributed by atoms with Crippen molar-refractivity contribution in [3.63, 3.8) is 0 Å². The van der Waals surface area contributed by atoms with Crippen LogP contribution in [0.15, 0.2) is 53.4 Å². The van der Waals surface area contributed by atoms with E-state index in [0.717, 1.165) is 25.0 Å². The molecule has 0 radical (unpaired) electrons. The molecule has 1 amide bonds. The van der Waals surface area contributed by atoms with Gasteiger partial charge in [-0.1, -0.05) is 43.0 Å². The summed E-state index contributed by atoms with van der Waals surface area (Å²) in [5.74, 6) is -1.27. The monoisotopic (exact) mass is 488 g/mol. The number of halogens is 4. The molecule has 0 bridgehead atoms. The van der Waals surface area contributed by atoms with Gasteiger partial charge >= 0.3 is 6.18 Å². The van der Waals surface area contributed by atoms with Gasteiger partial charge in [-0.25, -0.2) is 8.42 Å². The summed E-state index contributed by atoms with van der Waals surface area (Å²) in [7, 11) is -4.09. The lowest BCUT2D eigenvalue weighted by Gasteiger charge is -2.34. The number of hydrogen-bond acceptors (Lipinski definition) is 3. The Balaban J connectivity index is 2.04. The maximum Gasteiger partial charge on any atom is 0.416 e. The molecule has 0 aliphatic heterocycles. The lowest BCUT2D eigenvalue weighted by atomic mass is 9.93. The molecule has 2 atom stereocenters. The van der Waals surface area contributed by atoms with Gasteiger partial charge in [-0.3, -0.25) is 4.79 Å². The van der Waals surface area contributed by atoms with Crippen LogP contribution in [0.1, 0.15) is 43.2 Å². The average Bonchev–Trinajstić information content (AvgIpc) is 2.98. The predicted molar refractivity (Wildman–Crippen MR) is 115 cm³/mol. The first-order valence-electron chi connectivity index (χ1n) is 10.2. The Morgan fingerprint density at radius 1 is 1.00 bits per heavy atom. The smallest absolute Gasteiger partial charge is 0.369 e. The largest absolute Gasteiger partial charge is 0.416 e. The topological polar surface area (TPSA) is 80.5 Å². The molecular weight excluding hydrogens is 465 g/mol. The molecule has 0 aromatic heterocycles. The maximum atomic E-state index is 13.6. The fraction of sp³-hybridized carbons (Fsp3) is 0.409. The summed E-state index contributed by atoms with van der Waals surface area (Å²) in [5.41, 5.74) is 5.18. The van der Waals surface area contributed by atoms with Crippen LogP contribution in [-0.2, 0) is 27.5 Å². The summed E-state index contributed by atoms with van der Waals surface area (Å²) in [6.45, 7) is -0.183. The molecular formula is C22H24ClF3N2O3S. The van der Waals surface area contributed by atoms with E-state index in [1.54, 1.807) is 0 Å². The van der Waals surface area contributed by atoms with E-state index in [9.17, 15) is 26.4 Å². The Hall–Kier alpha value is -2.10. The number of carbonyl (C=O) groups excluding carboxylic acids is 1. The number of alkyl halides is 3. The van der Waals surface area contributed by atoms with Crippen LogP contribution >= 0.6 is 11.6 Å². The summed E-state index contributed by atoms with van der Waals surface area (Å²) in [5, 5.41) is 0.364. The molecule has 1 aliphatic carbocycles. The van der Waals surface area contributed by atoms with E-state index in [-0.39, 0.29) is 11.4 Å².